The molecule has 2 rings (SSSR count). The van der Waals surface area contributed by atoms with E-state index >= 15 is 0 Å². The third kappa shape index (κ3) is 3.48. The zero-order valence-electron chi connectivity index (χ0n) is 9.77. The van der Waals surface area contributed by atoms with Gasteiger partial charge in [0.1, 0.15) is 5.75 Å². The predicted octanol–water partition coefficient (Wildman–Crippen LogP) is 4.67. The summed E-state index contributed by atoms with van der Waals surface area (Å²) >= 11 is 4.16. The summed E-state index contributed by atoms with van der Waals surface area (Å²) in [6.45, 7) is 0. The molecule has 0 atom stereocenters. The molecule has 1 N–H and O–H groups in total. The molecule has 19 heavy (non-hydrogen) atoms. The minimum absolute atomic E-state index is 0.288. The van der Waals surface area contributed by atoms with E-state index in [1.165, 1.54) is 0 Å². The minimum atomic E-state index is 0.288. The second kappa shape index (κ2) is 6.39. The molecule has 0 amide bonds. The van der Waals surface area contributed by atoms with Crippen molar-refractivity contribution < 1.29 is 5.11 Å². The lowest BCUT2D eigenvalue weighted by Crippen LogP contribution is -1.85. The van der Waals surface area contributed by atoms with E-state index in [4.69, 9.17) is 0 Å². The number of nitrogens with zero attached hydrogens (tertiary/aromatic N) is 1. The summed E-state index contributed by atoms with van der Waals surface area (Å²) in [5.41, 5.74) is 2.41. The number of phenols is 1. The van der Waals surface area contributed by atoms with E-state index in [9.17, 15) is 10.4 Å². The van der Waals surface area contributed by atoms with Crippen LogP contribution in [0.3, 0.4) is 0 Å². The van der Waals surface area contributed by atoms with Crippen LogP contribution in [0.15, 0.2) is 42.5 Å². The topological polar surface area (TPSA) is 44.0 Å². The Kier molecular flexibility index (Phi) is 4.82. The second-order valence-electron chi connectivity index (χ2n) is 3.87. The first-order valence-electron chi connectivity index (χ1n) is 5.47. The average molecular weight is 473 g/mol. The molecule has 0 spiro atoms. The molecule has 0 aliphatic heterocycles. The lowest BCUT2D eigenvalue weighted by molar-refractivity contribution is 0.467. The number of rotatable bonds is 2. The molecular formula is C15H9I2NO. The SMILES string of the molecule is N#C/C(=C/c1cc(I)c(O)c(I)c1)c1ccccc1. The maximum Gasteiger partial charge on any atom is 0.142 e. The van der Waals surface area contributed by atoms with Crippen LogP contribution in [0.2, 0.25) is 0 Å². The van der Waals surface area contributed by atoms with Crippen LogP contribution < -0.4 is 0 Å². The maximum absolute atomic E-state index is 9.74. The van der Waals surface area contributed by atoms with E-state index in [0.29, 0.717) is 5.57 Å². The van der Waals surface area contributed by atoms with Crippen molar-refractivity contribution in [3.8, 4) is 11.8 Å². The molecule has 0 heterocycles. The fourth-order valence-electron chi connectivity index (χ4n) is 1.63. The van der Waals surface area contributed by atoms with Gasteiger partial charge in [-0.2, -0.15) is 5.26 Å². The van der Waals surface area contributed by atoms with Crippen LogP contribution in [0.4, 0.5) is 0 Å². The third-order valence-corrected chi connectivity index (χ3v) is 4.20. The highest BCUT2D eigenvalue weighted by atomic mass is 127. The van der Waals surface area contributed by atoms with Gasteiger partial charge in [-0.25, -0.2) is 0 Å². The standard InChI is InChI=1S/C15H9I2NO/c16-13-7-10(8-14(17)15(13)19)6-12(9-18)11-4-2-1-3-5-11/h1-8,19H/b12-6-. The number of nitriles is 1. The number of phenolic OH excluding ortho intramolecular Hbond substituents is 1. The Balaban J connectivity index is 2.48. The minimum Gasteiger partial charge on any atom is -0.506 e. The van der Waals surface area contributed by atoms with Gasteiger partial charge in [0.25, 0.3) is 0 Å². The Morgan fingerprint density at radius 3 is 2.21 bits per heavy atom. The summed E-state index contributed by atoms with van der Waals surface area (Å²) in [7, 11) is 0. The van der Waals surface area contributed by atoms with Gasteiger partial charge in [-0.05, 0) is 74.5 Å². The van der Waals surface area contributed by atoms with Gasteiger partial charge < -0.3 is 5.11 Å². The number of halogens is 2. The van der Waals surface area contributed by atoms with Gasteiger partial charge in [0.2, 0.25) is 0 Å². The zero-order chi connectivity index (χ0) is 13.8. The smallest absolute Gasteiger partial charge is 0.142 e. The van der Waals surface area contributed by atoms with Crippen molar-refractivity contribution in [2.45, 2.75) is 0 Å². The summed E-state index contributed by atoms with van der Waals surface area (Å²) in [6, 6.07) is 15.5. The molecule has 94 valence electrons. The first kappa shape index (κ1) is 14.3. The number of allylic oxidation sites excluding steroid dienone is 1. The molecular weight excluding hydrogens is 464 g/mol. The Labute approximate surface area is 139 Å². The van der Waals surface area contributed by atoms with Crippen molar-refractivity contribution in [3.05, 3.63) is 60.7 Å². The van der Waals surface area contributed by atoms with Crippen molar-refractivity contribution in [1.82, 2.24) is 0 Å². The molecule has 0 unspecified atom stereocenters. The summed E-state index contributed by atoms with van der Waals surface area (Å²) in [5, 5.41) is 19.0. The maximum atomic E-state index is 9.74. The first-order chi connectivity index (χ1) is 9.11. The van der Waals surface area contributed by atoms with Crippen LogP contribution in [0.5, 0.6) is 5.75 Å². The molecule has 2 aromatic carbocycles. The molecule has 4 heteroatoms. The lowest BCUT2D eigenvalue weighted by atomic mass is 10.0. The second-order valence-corrected chi connectivity index (χ2v) is 6.19. The van der Waals surface area contributed by atoms with Crippen molar-refractivity contribution in [2.75, 3.05) is 0 Å². The van der Waals surface area contributed by atoms with Gasteiger partial charge in [0.05, 0.1) is 18.8 Å². The molecule has 0 bridgehead atoms. The first-order valence-corrected chi connectivity index (χ1v) is 7.63. The van der Waals surface area contributed by atoms with Crippen LogP contribution in [0.25, 0.3) is 11.6 Å². The molecule has 0 radical (unpaired) electrons. The predicted molar refractivity (Wildman–Crippen MR) is 93.5 cm³/mol. The van der Waals surface area contributed by atoms with E-state index in [2.05, 4.69) is 51.3 Å². The molecule has 0 aliphatic rings. The van der Waals surface area contributed by atoms with Crippen molar-refractivity contribution >= 4 is 56.8 Å². The van der Waals surface area contributed by atoms with E-state index in [-0.39, 0.29) is 5.75 Å². The van der Waals surface area contributed by atoms with E-state index in [1.807, 2.05) is 48.5 Å². The monoisotopic (exact) mass is 473 g/mol. The Hall–Kier alpha value is -1.07. The summed E-state index contributed by atoms with van der Waals surface area (Å²) in [6.07, 6.45) is 1.83. The third-order valence-electron chi connectivity index (χ3n) is 2.56. The number of hydrogen-bond donors (Lipinski definition) is 1. The van der Waals surface area contributed by atoms with Gasteiger partial charge in [0.15, 0.2) is 0 Å². The van der Waals surface area contributed by atoms with Crippen LogP contribution in [-0.4, -0.2) is 5.11 Å². The van der Waals surface area contributed by atoms with Gasteiger partial charge in [0, 0.05) is 0 Å². The molecule has 0 saturated carbocycles. The number of aromatic hydroxyl groups is 1. The van der Waals surface area contributed by atoms with Gasteiger partial charge in [-0.15, -0.1) is 0 Å². The van der Waals surface area contributed by atoms with Crippen molar-refractivity contribution in [3.63, 3.8) is 0 Å². The van der Waals surface area contributed by atoms with Gasteiger partial charge >= 0.3 is 0 Å². The lowest BCUT2D eigenvalue weighted by Gasteiger charge is -2.04. The van der Waals surface area contributed by atoms with Crippen LogP contribution >= 0.6 is 45.2 Å². The highest BCUT2D eigenvalue weighted by molar-refractivity contribution is 14.1. The molecule has 0 aliphatic carbocycles. The summed E-state index contributed by atoms with van der Waals surface area (Å²) < 4.78 is 1.56. The highest BCUT2D eigenvalue weighted by Crippen LogP contribution is 2.29. The average Bonchev–Trinajstić information content (AvgIpc) is 2.43. The van der Waals surface area contributed by atoms with E-state index in [0.717, 1.165) is 18.3 Å². The van der Waals surface area contributed by atoms with Crippen LogP contribution in [-0.2, 0) is 0 Å². The fraction of sp³-hybridized carbons (Fsp3) is 0. The number of hydrogen-bond acceptors (Lipinski definition) is 2. The molecule has 2 nitrogen and oxygen atoms in total. The van der Waals surface area contributed by atoms with Crippen LogP contribution in [0, 0.1) is 18.5 Å². The van der Waals surface area contributed by atoms with E-state index < -0.39 is 0 Å². The Bertz CT molecular complexity index is 649. The van der Waals surface area contributed by atoms with E-state index in [1.54, 1.807) is 0 Å². The fourth-order valence-corrected chi connectivity index (χ4v) is 3.45. The summed E-state index contributed by atoms with van der Waals surface area (Å²) in [4.78, 5) is 0. The molecule has 2 aromatic rings. The van der Waals surface area contributed by atoms with Crippen molar-refractivity contribution in [1.29, 1.82) is 5.26 Å². The Morgan fingerprint density at radius 1 is 1.11 bits per heavy atom. The number of benzene rings is 2. The van der Waals surface area contributed by atoms with Gasteiger partial charge in [-0.1, -0.05) is 30.3 Å². The quantitative estimate of drug-likeness (QED) is 0.392. The zero-order valence-corrected chi connectivity index (χ0v) is 14.1. The molecule has 0 saturated heterocycles. The van der Waals surface area contributed by atoms with Crippen molar-refractivity contribution in [2.24, 2.45) is 0 Å². The molecule has 0 aromatic heterocycles. The normalized spacial score (nSPS) is 11.1. The summed E-state index contributed by atoms with van der Waals surface area (Å²) in [5.74, 6) is 0.288. The largest absolute Gasteiger partial charge is 0.506 e. The van der Waals surface area contributed by atoms with Gasteiger partial charge in [-0.3, -0.25) is 0 Å². The van der Waals surface area contributed by atoms with Crippen LogP contribution in [0.1, 0.15) is 11.1 Å². The molecule has 0 fully saturated rings. The highest BCUT2D eigenvalue weighted by Gasteiger charge is 2.06. The Morgan fingerprint density at radius 2 is 1.68 bits per heavy atom.